The highest BCUT2D eigenvalue weighted by molar-refractivity contribution is 7.21. The number of amides is 2. The van der Waals surface area contributed by atoms with Crippen molar-refractivity contribution < 1.29 is 14.0 Å². The van der Waals surface area contributed by atoms with Gasteiger partial charge in [-0.2, -0.15) is 5.26 Å². The summed E-state index contributed by atoms with van der Waals surface area (Å²) in [6, 6.07) is 17.3. The van der Waals surface area contributed by atoms with Crippen LogP contribution in [0.5, 0.6) is 0 Å². The molecule has 0 atom stereocenters. The van der Waals surface area contributed by atoms with E-state index in [4.69, 9.17) is 9.40 Å². The summed E-state index contributed by atoms with van der Waals surface area (Å²) in [6.45, 7) is 3.54. The van der Waals surface area contributed by atoms with Gasteiger partial charge in [0.2, 0.25) is 0 Å². The number of nitriles is 1. The number of carbonyl (C=O) groups excluding carboxylic acids is 2. The molecule has 0 unspecified atom stereocenters. The number of carbonyl (C=O) groups is 2. The Morgan fingerprint density at radius 1 is 1.15 bits per heavy atom. The molecular weight excluding hydrogens is 436 g/mol. The van der Waals surface area contributed by atoms with Gasteiger partial charge in [-0.1, -0.05) is 18.2 Å². The Morgan fingerprint density at radius 3 is 2.61 bits per heavy atom. The molecule has 162 valence electrons. The molecule has 7 nitrogen and oxygen atoms in total. The topological polar surface area (TPSA) is 92.1 Å². The number of fused-ring (bicyclic) bond motifs is 1. The minimum atomic E-state index is -0.552. The van der Waals surface area contributed by atoms with Crippen LogP contribution in [-0.2, 0) is 9.59 Å². The lowest BCUT2D eigenvalue weighted by Gasteiger charge is -2.26. The van der Waals surface area contributed by atoms with E-state index in [-0.39, 0.29) is 12.1 Å². The molecule has 4 heterocycles. The number of imide groups is 1. The van der Waals surface area contributed by atoms with Gasteiger partial charge in [0.15, 0.2) is 16.4 Å². The summed E-state index contributed by atoms with van der Waals surface area (Å²) in [7, 11) is 0. The molecule has 1 aromatic carbocycles. The van der Waals surface area contributed by atoms with Gasteiger partial charge in [-0.25, -0.2) is 4.98 Å². The van der Waals surface area contributed by atoms with Crippen molar-refractivity contribution in [3.05, 3.63) is 77.2 Å². The molecular formula is C25H18N4O3S. The molecule has 1 aliphatic rings. The van der Waals surface area contributed by atoms with Crippen molar-refractivity contribution in [2.24, 2.45) is 0 Å². The Balaban J connectivity index is 1.74. The smallest absolute Gasteiger partial charge is 0.271 e. The maximum Gasteiger partial charge on any atom is 0.271 e. The maximum atomic E-state index is 13.1. The van der Waals surface area contributed by atoms with Gasteiger partial charge in [0.25, 0.3) is 11.8 Å². The molecule has 2 amide bonds. The summed E-state index contributed by atoms with van der Waals surface area (Å²) < 4.78 is 8.40. The lowest BCUT2D eigenvalue weighted by atomic mass is 9.94. The third-order valence-corrected chi connectivity index (χ3v) is 6.57. The third-order valence-electron chi connectivity index (χ3n) is 5.56. The van der Waals surface area contributed by atoms with Crippen LogP contribution >= 0.6 is 11.3 Å². The first-order chi connectivity index (χ1) is 16.0. The Bertz CT molecular complexity index is 1500. The Kier molecular flexibility index (Phi) is 5.04. The zero-order valence-corrected chi connectivity index (χ0v) is 18.7. The van der Waals surface area contributed by atoms with Gasteiger partial charge >= 0.3 is 0 Å². The van der Waals surface area contributed by atoms with E-state index in [1.54, 1.807) is 26.2 Å². The van der Waals surface area contributed by atoms with Crippen LogP contribution in [0.25, 0.3) is 32.9 Å². The van der Waals surface area contributed by atoms with Crippen LogP contribution in [0.2, 0.25) is 0 Å². The molecule has 3 aromatic heterocycles. The van der Waals surface area contributed by atoms with Crippen LogP contribution in [0, 0.1) is 11.3 Å². The normalized spacial score (nSPS) is 15.7. The van der Waals surface area contributed by atoms with E-state index >= 15 is 0 Å². The average Bonchev–Trinajstić information content (AvgIpc) is 3.54. The van der Waals surface area contributed by atoms with Gasteiger partial charge in [-0.3, -0.25) is 19.1 Å². The first kappa shape index (κ1) is 20.7. The first-order valence-electron chi connectivity index (χ1n) is 10.3. The molecule has 8 heteroatoms. The molecule has 0 saturated heterocycles. The van der Waals surface area contributed by atoms with Crippen LogP contribution < -0.4 is 0 Å². The Hall–Kier alpha value is -4.22. The number of benzene rings is 1. The second-order valence-electron chi connectivity index (χ2n) is 7.45. The fourth-order valence-corrected chi connectivity index (χ4v) is 4.89. The highest BCUT2D eigenvalue weighted by atomic mass is 32.1. The molecule has 0 bridgehead atoms. The van der Waals surface area contributed by atoms with Crippen molar-refractivity contribution in [2.45, 2.75) is 13.8 Å². The zero-order valence-electron chi connectivity index (χ0n) is 17.9. The van der Waals surface area contributed by atoms with Gasteiger partial charge in [0.05, 0.1) is 11.0 Å². The molecule has 0 aliphatic carbocycles. The van der Waals surface area contributed by atoms with E-state index in [2.05, 4.69) is 0 Å². The Labute approximate surface area is 193 Å². The number of furan rings is 1. The highest BCUT2D eigenvalue weighted by Crippen LogP contribution is 2.36. The molecule has 0 fully saturated rings. The van der Waals surface area contributed by atoms with Gasteiger partial charge in [0, 0.05) is 23.5 Å². The van der Waals surface area contributed by atoms with E-state index < -0.39 is 11.8 Å². The van der Waals surface area contributed by atoms with Crippen molar-refractivity contribution in [3.8, 4) is 22.5 Å². The maximum absolute atomic E-state index is 13.1. The summed E-state index contributed by atoms with van der Waals surface area (Å²) >= 11 is 1.49. The summed E-state index contributed by atoms with van der Waals surface area (Å²) in [5, 5.41) is 10.3. The first-order valence-corrected chi connectivity index (χ1v) is 11.2. The lowest BCUT2D eigenvalue weighted by Crippen LogP contribution is -2.42. The minimum absolute atomic E-state index is 0.0134. The zero-order chi connectivity index (χ0) is 23.1. The number of hydrogen-bond donors (Lipinski definition) is 0. The summed E-state index contributed by atoms with van der Waals surface area (Å²) in [6.07, 6.45) is 3.35. The minimum Gasteiger partial charge on any atom is -0.462 e. The average molecular weight is 455 g/mol. The molecule has 0 radical (unpaired) electrons. The number of likely N-dealkylation sites (N-methyl/N-ethyl adjacent to an activating group) is 1. The van der Waals surface area contributed by atoms with Crippen molar-refractivity contribution in [3.63, 3.8) is 0 Å². The number of para-hydroxylation sites is 1. The number of nitrogens with zero attached hydrogens (tertiary/aromatic N) is 4. The highest BCUT2D eigenvalue weighted by Gasteiger charge is 2.34. The van der Waals surface area contributed by atoms with E-state index in [0.717, 1.165) is 31.6 Å². The van der Waals surface area contributed by atoms with E-state index in [1.807, 2.05) is 59.2 Å². The van der Waals surface area contributed by atoms with Crippen molar-refractivity contribution in [2.75, 3.05) is 6.54 Å². The molecule has 5 rings (SSSR count). The third kappa shape index (κ3) is 3.30. The number of thiazole rings is 1. The van der Waals surface area contributed by atoms with Crippen LogP contribution in [-0.4, -0.2) is 32.8 Å². The van der Waals surface area contributed by atoms with Gasteiger partial charge in [-0.15, -0.1) is 11.3 Å². The second-order valence-corrected chi connectivity index (χ2v) is 8.48. The predicted molar refractivity (Wildman–Crippen MR) is 125 cm³/mol. The molecule has 0 N–H and O–H groups in total. The van der Waals surface area contributed by atoms with Gasteiger partial charge in [-0.05, 0) is 55.8 Å². The van der Waals surface area contributed by atoms with E-state index in [1.165, 1.54) is 11.3 Å². The van der Waals surface area contributed by atoms with Crippen molar-refractivity contribution >= 4 is 39.6 Å². The second kappa shape index (κ2) is 8.04. The van der Waals surface area contributed by atoms with Gasteiger partial charge < -0.3 is 4.42 Å². The van der Waals surface area contributed by atoms with Crippen LogP contribution in [0.3, 0.4) is 0 Å². The Morgan fingerprint density at radius 2 is 1.94 bits per heavy atom. The van der Waals surface area contributed by atoms with E-state index in [9.17, 15) is 14.9 Å². The van der Waals surface area contributed by atoms with Gasteiger partial charge in [0.1, 0.15) is 11.6 Å². The lowest BCUT2D eigenvalue weighted by molar-refractivity contribution is -0.140. The van der Waals surface area contributed by atoms with Crippen LogP contribution in [0.15, 0.2) is 75.9 Å². The van der Waals surface area contributed by atoms with Crippen LogP contribution in [0.1, 0.15) is 19.5 Å². The van der Waals surface area contributed by atoms with Crippen molar-refractivity contribution in [1.29, 1.82) is 5.26 Å². The number of hydrogen-bond acceptors (Lipinski definition) is 6. The largest absolute Gasteiger partial charge is 0.462 e. The SMILES string of the molecule is CCN1C(=O)C(C#N)=C(C)/C(=C/c2cc3sc(-c4ccco4)nc3n2-c2ccccc2)C1=O. The fraction of sp³-hybridized carbons (Fsp3) is 0.120. The molecule has 33 heavy (non-hydrogen) atoms. The van der Waals surface area contributed by atoms with Crippen molar-refractivity contribution in [1.82, 2.24) is 14.5 Å². The molecule has 4 aromatic rings. The van der Waals surface area contributed by atoms with E-state index in [0.29, 0.717) is 16.9 Å². The number of aromatic nitrogens is 2. The van der Waals surface area contributed by atoms with Crippen LogP contribution in [0.4, 0.5) is 0 Å². The predicted octanol–water partition coefficient (Wildman–Crippen LogP) is 4.96. The number of rotatable bonds is 4. The monoisotopic (exact) mass is 454 g/mol. The summed E-state index contributed by atoms with van der Waals surface area (Å²) in [5.41, 5.74) is 3.03. The fourth-order valence-electron chi connectivity index (χ4n) is 3.92. The molecule has 0 saturated carbocycles. The summed E-state index contributed by atoms with van der Waals surface area (Å²) in [4.78, 5) is 31.5. The summed E-state index contributed by atoms with van der Waals surface area (Å²) in [5.74, 6) is -0.274. The molecule has 0 spiro atoms. The standard InChI is InChI=1S/C25H18N4O3S/c1-3-28-24(30)18(15(2)19(14-26)25(28)31)12-17-13-21-22(29(17)16-8-5-4-6-9-16)27-23(33-21)20-10-7-11-32-20/h4-13H,3H2,1-2H3/b18-12-. The quantitative estimate of drug-likeness (QED) is 0.321. The molecule has 1 aliphatic heterocycles.